The predicted molar refractivity (Wildman–Crippen MR) is 91.1 cm³/mol. The highest BCUT2D eigenvalue weighted by Gasteiger charge is 2.12. The van der Waals surface area contributed by atoms with Gasteiger partial charge in [-0.1, -0.05) is 15.9 Å². The summed E-state index contributed by atoms with van der Waals surface area (Å²) in [6.45, 7) is 4.04. The Labute approximate surface area is 132 Å². The summed E-state index contributed by atoms with van der Waals surface area (Å²) in [5, 5.41) is 5.97. The molecule has 1 amide bonds. The summed E-state index contributed by atoms with van der Waals surface area (Å²) in [5.41, 5.74) is 10.9. The lowest BCUT2D eigenvalue weighted by Gasteiger charge is -2.16. The van der Waals surface area contributed by atoms with Gasteiger partial charge in [0.15, 0.2) is 0 Å². The first-order chi connectivity index (χ1) is 9.92. The standard InChI is InChI=1S/C16H18BrN3O/c1-9-6-11(17)7-10(2)15(9)20-14-8-12(18)4-5-13(14)16(21)19-3/h4-8,20H,18H2,1-3H3,(H,19,21). The molecule has 0 heterocycles. The second-order valence-electron chi connectivity index (χ2n) is 4.92. The average molecular weight is 348 g/mol. The summed E-state index contributed by atoms with van der Waals surface area (Å²) in [4.78, 5) is 12.0. The summed E-state index contributed by atoms with van der Waals surface area (Å²) >= 11 is 3.48. The first kappa shape index (κ1) is 15.4. The molecule has 0 radical (unpaired) electrons. The van der Waals surface area contributed by atoms with Crippen LogP contribution in [0.5, 0.6) is 0 Å². The zero-order valence-corrected chi connectivity index (χ0v) is 13.8. The Balaban J connectivity index is 2.49. The quantitative estimate of drug-likeness (QED) is 0.740. The number of rotatable bonds is 3. The molecule has 0 aliphatic heterocycles. The fourth-order valence-corrected chi connectivity index (χ4v) is 2.93. The monoisotopic (exact) mass is 347 g/mol. The zero-order valence-electron chi connectivity index (χ0n) is 12.3. The highest BCUT2D eigenvalue weighted by Crippen LogP contribution is 2.30. The Kier molecular flexibility index (Phi) is 4.53. The Morgan fingerprint density at radius 2 is 1.76 bits per heavy atom. The van der Waals surface area contributed by atoms with E-state index in [4.69, 9.17) is 5.73 Å². The van der Waals surface area contributed by atoms with Crippen molar-refractivity contribution in [2.45, 2.75) is 13.8 Å². The van der Waals surface area contributed by atoms with E-state index in [0.29, 0.717) is 16.9 Å². The molecule has 4 N–H and O–H groups in total. The smallest absolute Gasteiger partial charge is 0.253 e. The van der Waals surface area contributed by atoms with E-state index in [1.165, 1.54) is 0 Å². The molecule has 2 aromatic carbocycles. The van der Waals surface area contributed by atoms with Gasteiger partial charge in [0.05, 0.1) is 11.3 Å². The van der Waals surface area contributed by atoms with Crippen molar-refractivity contribution < 1.29 is 4.79 Å². The number of amides is 1. The highest BCUT2D eigenvalue weighted by molar-refractivity contribution is 9.10. The third kappa shape index (κ3) is 3.36. The van der Waals surface area contributed by atoms with Crippen molar-refractivity contribution in [3.05, 3.63) is 51.5 Å². The summed E-state index contributed by atoms with van der Waals surface area (Å²) in [6.07, 6.45) is 0. The van der Waals surface area contributed by atoms with Gasteiger partial charge in [0, 0.05) is 22.9 Å². The van der Waals surface area contributed by atoms with Crippen LogP contribution in [-0.4, -0.2) is 13.0 Å². The molecule has 21 heavy (non-hydrogen) atoms. The van der Waals surface area contributed by atoms with Crippen LogP contribution in [0.15, 0.2) is 34.8 Å². The number of aryl methyl sites for hydroxylation is 2. The van der Waals surface area contributed by atoms with E-state index in [1.807, 2.05) is 26.0 Å². The van der Waals surface area contributed by atoms with Crippen molar-refractivity contribution in [3.63, 3.8) is 0 Å². The van der Waals surface area contributed by atoms with Crippen LogP contribution in [0, 0.1) is 13.8 Å². The lowest BCUT2D eigenvalue weighted by Crippen LogP contribution is -2.19. The molecule has 0 unspecified atom stereocenters. The van der Waals surface area contributed by atoms with Gasteiger partial charge < -0.3 is 16.4 Å². The molecule has 4 nitrogen and oxygen atoms in total. The van der Waals surface area contributed by atoms with E-state index in [0.717, 1.165) is 21.3 Å². The van der Waals surface area contributed by atoms with Gasteiger partial charge in [0.25, 0.3) is 5.91 Å². The van der Waals surface area contributed by atoms with Gasteiger partial charge in [-0.3, -0.25) is 4.79 Å². The zero-order chi connectivity index (χ0) is 15.6. The van der Waals surface area contributed by atoms with Gasteiger partial charge in [0.2, 0.25) is 0 Å². The number of nitrogen functional groups attached to an aromatic ring is 1. The largest absolute Gasteiger partial charge is 0.399 e. The van der Waals surface area contributed by atoms with Crippen LogP contribution in [0.3, 0.4) is 0 Å². The number of benzene rings is 2. The van der Waals surface area contributed by atoms with E-state index in [-0.39, 0.29) is 5.91 Å². The van der Waals surface area contributed by atoms with Gasteiger partial charge in [-0.05, 0) is 55.3 Å². The molecular formula is C16H18BrN3O. The molecule has 0 aliphatic rings. The number of nitrogens with one attached hydrogen (secondary N) is 2. The summed E-state index contributed by atoms with van der Waals surface area (Å²) < 4.78 is 1.03. The Hall–Kier alpha value is -2.01. The van der Waals surface area contributed by atoms with Crippen LogP contribution >= 0.6 is 15.9 Å². The van der Waals surface area contributed by atoms with Gasteiger partial charge in [-0.25, -0.2) is 0 Å². The van der Waals surface area contributed by atoms with Crippen molar-refractivity contribution in [2.24, 2.45) is 0 Å². The molecule has 0 aromatic heterocycles. The Bertz CT molecular complexity index is 675. The number of carbonyl (C=O) groups is 1. The molecule has 5 heteroatoms. The van der Waals surface area contributed by atoms with Crippen LogP contribution in [0.1, 0.15) is 21.5 Å². The van der Waals surface area contributed by atoms with Gasteiger partial charge in [0.1, 0.15) is 0 Å². The van der Waals surface area contributed by atoms with Crippen LogP contribution in [0.2, 0.25) is 0 Å². The van der Waals surface area contributed by atoms with E-state index in [9.17, 15) is 4.79 Å². The summed E-state index contributed by atoms with van der Waals surface area (Å²) in [7, 11) is 1.61. The topological polar surface area (TPSA) is 67.2 Å². The van der Waals surface area contributed by atoms with Crippen molar-refractivity contribution in [2.75, 3.05) is 18.1 Å². The number of nitrogens with two attached hydrogens (primary N) is 1. The molecule has 0 aliphatic carbocycles. The summed E-state index contributed by atoms with van der Waals surface area (Å²) in [5.74, 6) is -0.148. The van der Waals surface area contributed by atoms with Crippen LogP contribution < -0.4 is 16.4 Å². The van der Waals surface area contributed by atoms with Crippen molar-refractivity contribution in [3.8, 4) is 0 Å². The molecular weight excluding hydrogens is 330 g/mol. The second kappa shape index (κ2) is 6.18. The number of carbonyl (C=O) groups excluding carboxylic acids is 1. The molecule has 2 aromatic rings. The molecule has 0 atom stereocenters. The van der Waals surface area contributed by atoms with Gasteiger partial charge in [-0.2, -0.15) is 0 Å². The molecule has 0 saturated heterocycles. The maximum Gasteiger partial charge on any atom is 0.253 e. The number of anilines is 3. The van der Waals surface area contributed by atoms with Crippen molar-refractivity contribution >= 4 is 38.9 Å². The second-order valence-corrected chi connectivity index (χ2v) is 5.84. The predicted octanol–water partition coefficient (Wildman–Crippen LogP) is 3.75. The SMILES string of the molecule is CNC(=O)c1ccc(N)cc1Nc1c(C)cc(Br)cc1C. The lowest BCUT2D eigenvalue weighted by atomic mass is 10.1. The van der Waals surface area contributed by atoms with Gasteiger partial charge in [-0.15, -0.1) is 0 Å². The minimum atomic E-state index is -0.148. The maximum atomic E-state index is 12.0. The minimum absolute atomic E-state index is 0.148. The highest BCUT2D eigenvalue weighted by atomic mass is 79.9. The van der Waals surface area contributed by atoms with Gasteiger partial charge >= 0.3 is 0 Å². The third-order valence-corrected chi connectivity index (χ3v) is 3.73. The molecule has 0 bridgehead atoms. The van der Waals surface area contributed by atoms with Crippen LogP contribution in [0.25, 0.3) is 0 Å². The van der Waals surface area contributed by atoms with Crippen LogP contribution in [-0.2, 0) is 0 Å². The first-order valence-corrected chi connectivity index (χ1v) is 7.37. The third-order valence-electron chi connectivity index (χ3n) is 3.27. The van der Waals surface area contributed by atoms with Crippen LogP contribution in [0.4, 0.5) is 17.1 Å². The maximum absolute atomic E-state index is 12.0. The average Bonchev–Trinajstić information content (AvgIpc) is 2.42. The fourth-order valence-electron chi connectivity index (χ4n) is 2.24. The van der Waals surface area contributed by atoms with E-state index in [1.54, 1.807) is 25.2 Å². The van der Waals surface area contributed by atoms with Crippen molar-refractivity contribution in [1.29, 1.82) is 0 Å². The van der Waals surface area contributed by atoms with Crippen molar-refractivity contribution in [1.82, 2.24) is 5.32 Å². The molecule has 0 spiro atoms. The number of hydrogen-bond donors (Lipinski definition) is 3. The number of halogens is 1. The normalized spacial score (nSPS) is 10.3. The molecule has 0 saturated carbocycles. The Morgan fingerprint density at radius 3 is 2.33 bits per heavy atom. The molecule has 2 rings (SSSR count). The Morgan fingerprint density at radius 1 is 1.14 bits per heavy atom. The number of hydrogen-bond acceptors (Lipinski definition) is 3. The molecule has 110 valence electrons. The fraction of sp³-hybridized carbons (Fsp3) is 0.188. The summed E-state index contributed by atoms with van der Waals surface area (Å²) in [6, 6.07) is 9.27. The molecule has 0 fully saturated rings. The van der Waals surface area contributed by atoms with E-state index < -0.39 is 0 Å². The van der Waals surface area contributed by atoms with E-state index in [2.05, 4.69) is 26.6 Å². The first-order valence-electron chi connectivity index (χ1n) is 6.57. The lowest BCUT2D eigenvalue weighted by molar-refractivity contribution is 0.0964. The van der Waals surface area contributed by atoms with E-state index >= 15 is 0 Å². The minimum Gasteiger partial charge on any atom is -0.399 e.